The Kier molecular flexibility index (Phi) is 3.85. The maximum absolute atomic E-state index is 8.62. The van der Waals surface area contributed by atoms with Crippen LogP contribution in [0.25, 0.3) is 11.4 Å². The minimum atomic E-state index is 0.347. The van der Waals surface area contributed by atoms with Crippen LogP contribution in [-0.2, 0) is 6.54 Å². The first-order chi connectivity index (χ1) is 8.77. The summed E-state index contributed by atoms with van der Waals surface area (Å²) in [5, 5.41) is 17.6. The van der Waals surface area contributed by atoms with Crippen molar-refractivity contribution in [1.29, 1.82) is 5.26 Å². The largest absolute Gasteiger partial charge is 0.469 e. The molecule has 2 heterocycles. The Balaban J connectivity index is 2.42. The number of hydrogen-bond donors (Lipinski definition) is 0. The highest BCUT2D eigenvalue weighted by atomic mass is 32.2. The Morgan fingerprint density at radius 1 is 1.61 bits per heavy atom. The van der Waals surface area contributed by atoms with Gasteiger partial charge in [-0.25, -0.2) is 0 Å². The Morgan fingerprint density at radius 2 is 2.44 bits per heavy atom. The highest BCUT2D eigenvalue weighted by molar-refractivity contribution is 7.99. The second kappa shape index (κ2) is 5.56. The van der Waals surface area contributed by atoms with Crippen LogP contribution < -0.4 is 0 Å². The van der Waals surface area contributed by atoms with Gasteiger partial charge in [0.25, 0.3) is 0 Å². The molecule has 2 rings (SSSR count). The van der Waals surface area contributed by atoms with E-state index in [-0.39, 0.29) is 0 Å². The van der Waals surface area contributed by atoms with E-state index in [2.05, 4.69) is 22.8 Å². The van der Waals surface area contributed by atoms with Gasteiger partial charge < -0.3 is 4.42 Å². The zero-order valence-electron chi connectivity index (χ0n) is 9.96. The summed E-state index contributed by atoms with van der Waals surface area (Å²) in [7, 11) is 0. The standard InChI is InChI=1S/C12H12N4OS/c1-3-6-16-11(10-4-7-17-9(10)2)14-15-12(16)18-8-5-13/h3-4,7H,1,6,8H2,2H3. The Hall–Kier alpha value is -2.00. The molecule has 0 bridgehead atoms. The summed E-state index contributed by atoms with van der Waals surface area (Å²) < 4.78 is 7.20. The highest BCUT2D eigenvalue weighted by Crippen LogP contribution is 2.26. The third-order valence-electron chi connectivity index (χ3n) is 2.39. The third-order valence-corrected chi connectivity index (χ3v) is 3.23. The topological polar surface area (TPSA) is 67.6 Å². The van der Waals surface area contributed by atoms with Crippen molar-refractivity contribution in [3.63, 3.8) is 0 Å². The lowest BCUT2D eigenvalue weighted by Gasteiger charge is -2.05. The molecule has 0 radical (unpaired) electrons. The molecule has 0 aliphatic carbocycles. The van der Waals surface area contributed by atoms with Crippen LogP contribution in [0.4, 0.5) is 0 Å². The lowest BCUT2D eigenvalue weighted by molar-refractivity contribution is 0.534. The van der Waals surface area contributed by atoms with E-state index in [0.29, 0.717) is 17.5 Å². The predicted octanol–water partition coefficient (Wildman–Crippen LogP) is 2.65. The SMILES string of the molecule is C=CCn1c(SCC#N)nnc1-c1ccoc1C. The van der Waals surface area contributed by atoms with Crippen LogP contribution >= 0.6 is 11.8 Å². The molecule has 2 aromatic rings. The van der Waals surface area contributed by atoms with Gasteiger partial charge in [0.05, 0.1) is 23.6 Å². The van der Waals surface area contributed by atoms with Gasteiger partial charge in [0, 0.05) is 6.54 Å². The highest BCUT2D eigenvalue weighted by Gasteiger charge is 2.16. The predicted molar refractivity (Wildman–Crippen MR) is 69.0 cm³/mol. The molecular weight excluding hydrogens is 248 g/mol. The number of nitriles is 1. The van der Waals surface area contributed by atoms with Gasteiger partial charge in [-0.15, -0.1) is 16.8 Å². The minimum Gasteiger partial charge on any atom is -0.469 e. The summed E-state index contributed by atoms with van der Waals surface area (Å²) in [6.07, 6.45) is 3.40. The molecule has 0 atom stereocenters. The van der Waals surface area contributed by atoms with Crippen LogP contribution in [0.3, 0.4) is 0 Å². The first-order valence-corrected chi connectivity index (χ1v) is 6.34. The molecule has 18 heavy (non-hydrogen) atoms. The fourth-order valence-corrected chi connectivity index (χ4v) is 2.21. The van der Waals surface area contributed by atoms with E-state index in [1.54, 1.807) is 12.3 Å². The van der Waals surface area contributed by atoms with Crippen molar-refractivity contribution in [2.24, 2.45) is 0 Å². The van der Waals surface area contributed by atoms with E-state index in [9.17, 15) is 0 Å². The summed E-state index contributed by atoms with van der Waals surface area (Å²) in [6.45, 7) is 6.20. The summed E-state index contributed by atoms with van der Waals surface area (Å²) in [6, 6.07) is 3.94. The number of rotatable bonds is 5. The molecule has 0 aliphatic heterocycles. The van der Waals surface area contributed by atoms with Gasteiger partial charge in [0.15, 0.2) is 11.0 Å². The normalized spacial score (nSPS) is 10.2. The number of furan rings is 1. The first-order valence-electron chi connectivity index (χ1n) is 5.36. The Bertz CT molecular complexity index is 593. The van der Waals surface area contributed by atoms with E-state index in [1.165, 1.54) is 11.8 Å². The Labute approximate surface area is 109 Å². The molecule has 0 amide bonds. The molecule has 0 unspecified atom stereocenters. The average Bonchev–Trinajstić information content (AvgIpc) is 2.94. The summed E-state index contributed by atoms with van der Waals surface area (Å²) in [4.78, 5) is 0. The molecule has 6 heteroatoms. The Morgan fingerprint density at radius 3 is 3.06 bits per heavy atom. The van der Waals surface area contributed by atoms with Crippen molar-refractivity contribution in [2.75, 3.05) is 5.75 Å². The van der Waals surface area contributed by atoms with Crippen LogP contribution in [-0.4, -0.2) is 20.5 Å². The number of allylic oxidation sites excluding steroid dienone is 1. The zero-order chi connectivity index (χ0) is 13.0. The van der Waals surface area contributed by atoms with Gasteiger partial charge in [-0.3, -0.25) is 4.57 Å². The van der Waals surface area contributed by atoms with Gasteiger partial charge in [0.1, 0.15) is 5.76 Å². The number of hydrogen-bond acceptors (Lipinski definition) is 5. The van der Waals surface area contributed by atoms with Crippen molar-refractivity contribution < 1.29 is 4.42 Å². The molecule has 92 valence electrons. The fourth-order valence-electron chi connectivity index (χ4n) is 1.60. The van der Waals surface area contributed by atoms with Crippen LogP contribution in [0.5, 0.6) is 0 Å². The summed E-state index contributed by atoms with van der Waals surface area (Å²) in [5.74, 6) is 1.88. The molecule has 0 aliphatic rings. The van der Waals surface area contributed by atoms with E-state index in [1.807, 2.05) is 17.6 Å². The number of thioether (sulfide) groups is 1. The average molecular weight is 260 g/mol. The maximum atomic E-state index is 8.62. The van der Waals surface area contributed by atoms with Gasteiger partial charge >= 0.3 is 0 Å². The zero-order valence-corrected chi connectivity index (χ0v) is 10.8. The van der Waals surface area contributed by atoms with E-state index < -0.39 is 0 Å². The molecule has 0 spiro atoms. The number of aryl methyl sites for hydroxylation is 1. The molecular formula is C12H12N4OS. The van der Waals surface area contributed by atoms with Crippen molar-refractivity contribution >= 4 is 11.8 Å². The van der Waals surface area contributed by atoms with Crippen LogP contribution in [0.1, 0.15) is 5.76 Å². The molecule has 0 saturated carbocycles. The third kappa shape index (κ3) is 2.31. The number of aromatic nitrogens is 3. The van der Waals surface area contributed by atoms with Crippen LogP contribution in [0, 0.1) is 18.3 Å². The lowest BCUT2D eigenvalue weighted by atomic mass is 10.2. The molecule has 2 aromatic heterocycles. The smallest absolute Gasteiger partial charge is 0.192 e. The summed E-state index contributed by atoms with van der Waals surface area (Å²) >= 11 is 1.36. The van der Waals surface area contributed by atoms with Gasteiger partial charge in [-0.1, -0.05) is 17.8 Å². The van der Waals surface area contributed by atoms with Crippen molar-refractivity contribution in [3.8, 4) is 17.5 Å². The van der Waals surface area contributed by atoms with Crippen molar-refractivity contribution in [1.82, 2.24) is 14.8 Å². The van der Waals surface area contributed by atoms with E-state index in [0.717, 1.165) is 17.1 Å². The number of nitrogens with zero attached hydrogens (tertiary/aromatic N) is 4. The summed E-state index contributed by atoms with van der Waals surface area (Å²) in [5.41, 5.74) is 0.910. The van der Waals surface area contributed by atoms with E-state index in [4.69, 9.17) is 9.68 Å². The molecule has 0 N–H and O–H groups in total. The molecule has 0 saturated heterocycles. The van der Waals surface area contributed by atoms with E-state index >= 15 is 0 Å². The lowest BCUT2D eigenvalue weighted by Crippen LogP contribution is -2.00. The van der Waals surface area contributed by atoms with Crippen LogP contribution in [0.2, 0.25) is 0 Å². The quantitative estimate of drug-likeness (QED) is 0.610. The van der Waals surface area contributed by atoms with Gasteiger partial charge in [-0.2, -0.15) is 5.26 Å². The van der Waals surface area contributed by atoms with Crippen molar-refractivity contribution in [2.45, 2.75) is 18.6 Å². The fraction of sp³-hybridized carbons (Fsp3) is 0.250. The monoisotopic (exact) mass is 260 g/mol. The van der Waals surface area contributed by atoms with Crippen LogP contribution in [0.15, 0.2) is 34.6 Å². The molecule has 0 aromatic carbocycles. The van der Waals surface area contributed by atoms with Gasteiger partial charge in [0.2, 0.25) is 0 Å². The van der Waals surface area contributed by atoms with Crippen molar-refractivity contribution in [3.05, 3.63) is 30.7 Å². The van der Waals surface area contributed by atoms with Gasteiger partial charge in [-0.05, 0) is 13.0 Å². The second-order valence-corrected chi connectivity index (χ2v) is 4.49. The maximum Gasteiger partial charge on any atom is 0.192 e. The molecule has 0 fully saturated rings. The first kappa shape index (κ1) is 12.5. The minimum absolute atomic E-state index is 0.347. The molecule has 5 nitrogen and oxygen atoms in total. The second-order valence-electron chi connectivity index (χ2n) is 3.54.